The van der Waals surface area contributed by atoms with Crippen molar-refractivity contribution in [3.63, 3.8) is 0 Å². The van der Waals surface area contributed by atoms with Gasteiger partial charge < -0.3 is 14.8 Å². The molecule has 0 saturated carbocycles. The van der Waals surface area contributed by atoms with Crippen LogP contribution in [0, 0.1) is 6.92 Å². The van der Waals surface area contributed by atoms with Gasteiger partial charge in [-0.2, -0.15) is 0 Å². The summed E-state index contributed by atoms with van der Waals surface area (Å²) < 4.78 is 12.7. The first-order valence-corrected chi connectivity index (χ1v) is 9.65. The highest BCUT2D eigenvalue weighted by Gasteiger charge is 2.07. The number of methoxy groups -OCH3 is 1. The van der Waals surface area contributed by atoms with E-state index in [1.54, 1.807) is 43.6 Å². The van der Waals surface area contributed by atoms with Gasteiger partial charge in [-0.3, -0.25) is 9.36 Å². The van der Waals surface area contributed by atoms with Crippen molar-refractivity contribution in [1.82, 2.24) is 19.7 Å². The average molecular weight is 415 g/mol. The Kier molecular flexibility index (Phi) is 5.89. The SMILES string of the molecule is COc1ccc(CC(=O)Nc2ccc(Oc3ccc(-n4ccnc4C)nn3)cc2)cc1. The summed E-state index contributed by atoms with van der Waals surface area (Å²) in [6, 6.07) is 18.0. The molecule has 0 spiro atoms. The Bertz CT molecular complexity index is 1150. The standard InChI is InChI=1S/C23H21N5O3/c1-16-24-13-14-28(16)21-11-12-23(27-26-21)31-20-9-5-18(6-10-20)25-22(29)15-17-3-7-19(30-2)8-4-17/h3-14H,15H2,1-2H3,(H,25,29). The molecule has 0 aliphatic carbocycles. The minimum absolute atomic E-state index is 0.102. The van der Waals surface area contributed by atoms with Crippen LogP contribution < -0.4 is 14.8 Å². The molecule has 8 nitrogen and oxygen atoms in total. The third-order valence-corrected chi connectivity index (χ3v) is 4.58. The van der Waals surface area contributed by atoms with Crippen LogP contribution in [-0.4, -0.2) is 32.8 Å². The van der Waals surface area contributed by atoms with Gasteiger partial charge in [0.1, 0.15) is 17.3 Å². The molecule has 0 radical (unpaired) electrons. The zero-order chi connectivity index (χ0) is 21.6. The Morgan fingerprint density at radius 3 is 2.32 bits per heavy atom. The van der Waals surface area contributed by atoms with Crippen molar-refractivity contribution in [2.45, 2.75) is 13.3 Å². The lowest BCUT2D eigenvalue weighted by Gasteiger charge is -2.08. The van der Waals surface area contributed by atoms with Crippen LogP contribution in [0.3, 0.4) is 0 Å². The first kappa shape index (κ1) is 20.1. The smallest absolute Gasteiger partial charge is 0.238 e. The number of carbonyl (C=O) groups excluding carboxylic acids is 1. The summed E-state index contributed by atoms with van der Waals surface area (Å²) in [6.45, 7) is 1.89. The number of imidazole rings is 1. The number of anilines is 1. The summed E-state index contributed by atoms with van der Waals surface area (Å²) in [5.74, 6) is 3.11. The van der Waals surface area contributed by atoms with Gasteiger partial charge in [0, 0.05) is 24.1 Å². The van der Waals surface area contributed by atoms with Gasteiger partial charge >= 0.3 is 0 Å². The molecule has 8 heteroatoms. The number of ether oxygens (including phenoxy) is 2. The number of aromatic nitrogens is 4. The summed E-state index contributed by atoms with van der Waals surface area (Å²) in [5.41, 5.74) is 1.59. The molecule has 0 aliphatic rings. The van der Waals surface area contributed by atoms with E-state index in [9.17, 15) is 4.79 Å². The maximum absolute atomic E-state index is 12.3. The van der Waals surface area contributed by atoms with Crippen LogP contribution in [0.5, 0.6) is 17.4 Å². The molecule has 1 amide bonds. The molecule has 2 aromatic heterocycles. The van der Waals surface area contributed by atoms with E-state index in [1.807, 2.05) is 48.0 Å². The van der Waals surface area contributed by atoms with Gasteiger partial charge in [-0.25, -0.2) is 4.98 Å². The summed E-state index contributed by atoms with van der Waals surface area (Å²) in [5, 5.41) is 11.1. The lowest BCUT2D eigenvalue weighted by atomic mass is 10.1. The zero-order valence-electron chi connectivity index (χ0n) is 17.1. The fourth-order valence-corrected chi connectivity index (χ4v) is 2.98. The minimum atomic E-state index is -0.102. The Hall–Kier alpha value is -4.20. The van der Waals surface area contributed by atoms with Crippen LogP contribution in [0.2, 0.25) is 0 Å². The Labute approximate surface area is 179 Å². The molecule has 0 saturated heterocycles. The van der Waals surface area contributed by atoms with Gasteiger partial charge in [-0.15, -0.1) is 10.2 Å². The highest BCUT2D eigenvalue weighted by atomic mass is 16.5. The van der Waals surface area contributed by atoms with E-state index in [0.29, 0.717) is 23.1 Å². The monoisotopic (exact) mass is 415 g/mol. The number of nitrogens with zero attached hydrogens (tertiary/aromatic N) is 4. The van der Waals surface area contributed by atoms with Crippen LogP contribution >= 0.6 is 0 Å². The Morgan fingerprint density at radius 1 is 0.968 bits per heavy atom. The second-order valence-electron chi connectivity index (χ2n) is 6.77. The highest BCUT2D eigenvalue weighted by Crippen LogP contribution is 2.22. The number of nitrogens with one attached hydrogen (secondary N) is 1. The number of carbonyl (C=O) groups is 1. The number of hydrogen-bond donors (Lipinski definition) is 1. The summed E-state index contributed by atoms with van der Waals surface area (Å²) >= 11 is 0. The third-order valence-electron chi connectivity index (χ3n) is 4.58. The van der Waals surface area contributed by atoms with Crippen LogP contribution in [0.15, 0.2) is 73.1 Å². The molecule has 4 aromatic rings. The van der Waals surface area contributed by atoms with Crippen molar-refractivity contribution < 1.29 is 14.3 Å². The molecule has 0 unspecified atom stereocenters. The Morgan fingerprint density at radius 2 is 1.71 bits per heavy atom. The predicted octanol–water partition coefficient (Wildman–Crippen LogP) is 3.95. The fraction of sp³-hybridized carbons (Fsp3) is 0.130. The lowest BCUT2D eigenvalue weighted by molar-refractivity contribution is -0.115. The molecule has 156 valence electrons. The number of hydrogen-bond acceptors (Lipinski definition) is 6. The van der Waals surface area contributed by atoms with Gasteiger partial charge in [-0.1, -0.05) is 12.1 Å². The van der Waals surface area contributed by atoms with E-state index in [4.69, 9.17) is 9.47 Å². The topological polar surface area (TPSA) is 91.2 Å². The molecule has 0 aliphatic heterocycles. The molecular weight excluding hydrogens is 394 g/mol. The quantitative estimate of drug-likeness (QED) is 0.491. The van der Waals surface area contributed by atoms with Crippen molar-refractivity contribution in [3.8, 4) is 23.2 Å². The molecule has 0 bridgehead atoms. The first-order valence-electron chi connectivity index (χ1n) is 9.65. The van der Waals surface area contributed by atoms with E-state index in [-0.39, 0.29) is 12.3 Å². The van der Waals surface area contributed by atoms with Crippen molar-refractivity contribution in [1.29, 1.82) is 0 Å². The highest BCUT2D eigenvalue weighted by molar-refractivity contribution is 5.92. The first-order chi connectivity index (χ1) is 15.1. The molecule has 31 heavy (non-hydrogen) atoms. The molecule has 4 rings (SSSR count). The van der Waals surface area contributed by atoms with Gasteiger partial charge in [0.05, 0.1) is 13.5 Å². The van der Waals surface area contributed by atoms with Crippen LogP contribution in [0.1, 0.15) is 11.4 Å². The number of amides is 1. The molecule has 1 N–H and O–H groups in total. The van der Waals surface area contributed by atoms with Crippen LogP contribution in [0.25, 0.3) is 5.82 Å². The average Bonchev–Trinajstić information content (AvgIpc) is 3.22. The molecule has 0 fully saturated rings. The minimum Gasteiger partial charge on any atom is -0.497 e. The largest absolute Gasteiger partial charge is 0.497 e. The van der Waals surface area contributed by atoms with E-state index in [0.717, 1.165) is 17.1 Å². The van der Waals surface area contributed by atoms with Crippen molar-refractivity contribution >= 4 is 11.6 Å². The van der Waals surface area contributed by atoms with Crippen LogP contribution in [0.4, 0.5) is 5.69 Å². The predicted molar refractivity (Wildman–Crippen MR) is 116 cm³/mol. The molecule has 0 atom stereocenters. The zero-order valence-corrected chi connectivity index (χ0v) is 17.1. The fourth-order valence-electron chi connectivity index (χ4n) is 2.98. The van der Waals surface area contributed by atoms with Gasteiger partial charge in [-0.05, 0) is 55.0 Å². The second-order valence-corrected chi connectivity index (χ2v) is 6.77. The van der Waals surface area contributed by atoms with E-state index in [1.165, 1.54) is 0 Å². The number of aryl methyl sites for hydroxylation is 1. The number of rotatable bonds is 7. The third kappa shape index (κ3) is 5.05. The summed E-state index contributed by atoms with van der Waals surface area (Å²) in [4.78, 5) is 16.4. The normalized spacial score (nSPS) is 10.5. The summed E-state index contributed by atoms with van der Waals surface area (Å²) in [6.07, 6.45) is 3.81. The molecule has 2 aromatic carbocycles. The van der Waals surface area contributed by atoms with Crippen molar-refractivity contribution in [3.05, 3.63) is 84.4 Å². The summed E-state index contributed by atoms with van der Waals surface area (Å²) in [7, 11) is 1.61. The Balaban J connectivity index is 1.33. The van der Waals surface area contributed by atoms with Crippen LogP contribution in [-0.2, 0) is 11.2 Å². The van der Waals surface area contributed by atoms with Crippen molar-refractivity contribution in [2.75, 3.05) is 12.4 Å². The van der Waals surface area contributed by atoms with E-state index in [2.05, 4.69) is 20.5 Å². The molecule has 2 heterocycles. The second kappa shape index (κ2) is 9.08. The van der Waals surface area contributed by atoms with E-state index >= 15 is 0 Å². The van der Waals surface area contributed by atoms with Gasteiger partial charge in [0.25, 0.3) is 0 Å². The van der Waals surface area contributed by atoms with Gasteiger partial charge in [0.15, 0.2) is 5.82 Å². The lowest BCUT2D eigenvalue weighted by Crippen LogP contribution is -2.14. The van der Waals surface area contributed by atoms with Crippen molar-refractivity contribution in [2.24, 2.45) is 0 Å². The maximum Gasteiger partial charge on any atom is 0.238 e. The number of benzene rings is 2. The van der Waals surface area contributed by atoms with E-state index < -0.39 is 0 Å². The van der Waals surface area contributed by atoms with Gasteiger partial charge in [0.2, 0.25) is 11.8 Å². The molecular formula is C23H21N5O3. The maximum atomic E-state index is 12.3.